The zero-order valence-corrected chi connectivity index (χ0v) is 16.1. The van der Waals surface area contributed by atoms with Gasteiger partial charge in [-0.2, -0.15) is 5.26 Å². The zero-order chi connectivity index (χ0) is 19.9. The molecule has 0 spiro atoms. The number of hydrogen-bond donors (Lipinski definition) is 1. The minimum atomic E-state index is -1.98. The van der Waals surface area contributed by atoms with Gasteiger partial charge in [0.05, 0.1) is 6.54 Å². The molecular weight excluding hydrogens is 340 g/mol. The number of carbonyl (C=O) groups is 1. The van der Waals surface area contributed by atoms with E-state index in [2.05, 4.69) is 0 Å². The van der Waals surface area contributed by atoms with E-state index in [9.17, 15) is 15.2 Å². The molecule has 0 aliphatic carbocycles. The molecule has 5 heteroatoms. The number of benzene rings is 2. The summed E-state index contributed by atoms with van der Waals surface area (Å²) in [4.78, 5) is 13.9. The van der Waals surface area contributed by atoms with Gasteiger partial charge in [0.1, 0.15) is 11.7 Å². The van der Waals surface area contributed by atoms with Crippen molar-refractivity contribution in [2.24, 2.45) is 0 Å². The highest BCUT2D eigenvalue weighted by atomic mass is 16.6. The monoisotopic (exact) mass is 366 g/mol. The summed E-state index contributed by atoms with van der Waals surface area (Å²) in [5, 5.41) is 20.7. The quantitative estimate of drug-likeness (QED) is 0.612. The maximum absolute atomic E-state index is 12.8. The lowest BCUT2D eigenvalue weighted by Crippen LogP contribution is -2.52. The molecule has 0 fully saturated rings. The third-order valence-electron chi connectivity index (χ3n) is 4.03. The van der Waals surface area contributed by atoms with E-state index in [0.29, 0.717) is 6.42 Å². The first-order valence-corrected chi connectivity index (χ1v) is 8.96. The third kappa shape index (κ3) is 6.12. The molecule has 142 valence electrons. The van der Waals surface area contributed by atoms with Crippen molar-refractivity contribution in [2.45, 2.75) is 51.5 Å². The Hall–Kier alpha value is -2.84. The van der Waals surface area contributed by atoms with Crippen LogP contribution in [0.5, 0.6) is 0 Å². The van der Waals surface area contributed by atoms with Crippen molar-refractivity contribution in [3.8, 4) is 6.07 Å². The van der Waals surface area contributed by atoms with E-state index in [-0.39, 0.29) is 13.0 Å². The van der Waals surface area contributed by atoms with Crippen LogP contribution in [0.15, 0.2) is 60.7 Å². The van der Waals surface area contributed by atoms with Crippen LogP contribution in [-0.4, -0.2) is 27.4 Å². The van der Waals surface area contributed by atoms with Crippen LogP contribution in [0.25, 0.3) is 0 Å². The normalized spacial score (nSPS) is 13.3. The molecule has 0 bridgehead atoms. The lowest BCUT2D eigenvalue weighted by atomic mass is 10.0. The largest absolute Gasteiger partial charge is 0.444 e. The summed E-state index contributed by atoms with van der Waals surface area (Å²) >= 11 is 0. The van der Waals surface area contributed by atoms with E-state index in [0.717, 1.165) is 16.0 Å². The molecule has 2 rings (SSSR count). The van der Waals surface area contributed by atoms with Gasteiger partial charge in [0, 0.05) is 6.42 Å². The molecule has 5 nitrogen and oxygen atoms in total. The van der Waals surface area contributed by atoms with Gasteiger partial charge in [-0.05, 0) is 38.3 Å². The highest BCUT2D eigenvalue weighted by molar-refractivity contribution is 5.69. The number of amides is 1. The van der Waals surface area contributed by atoms with Gasteiger partial charge in [-0.25, -0.2) is 4.79 Å². The molecular formula is C22H26N2O3. The second kappa shape index (κ2) is 8.70. The van der Waals surface area contributed by atoms with Crippen LogP contribution in [0.3, 0.4) is 0 Å². The molecule has 2 aromatic carbocycles. The molecule has 27 heavy (non-hydrogen) atoms. The van der Waals surface area contributed by atoms with Gasteiger partial charge in [-0.15, -0.1) is 0 Å². The minimum Gasteiger partial charge on any atom is -0.444 e. The summed E-state index contributed by atoms with van der Waals surface area (Å²) in [6.07, 6.45) is -0.179. The van der Waals surface area contributed by atoms with Crippen LogP contribution < -0.4 is 0 Å². The third-order valence-corrected chi connectivity index (χ3v) is 4.03. The maximum Gasteiger partial charge on any atom is 0.413 e. The van der Waals surface area contributed by atoms with Gasteiger partial charge in [-0.3, -0.25) is 4.90 Å². The van der Waals surface area contributed by atoms with Gasteiger partial charge in [0.2, 0.25) is 5.72 Å². The summed E-state index contributed by atoms with van der Waals surface area (Å²) in [7, 11) is 0. The molecule has 1 atom stereocenters. The number of nitriles is 1. The molecule has 0 saturated heterocycles. The minimum absolute atomic E-state index is 0.0780. The molecule has 0 saturated carbocycles. The first-order valence-electron chi connectivity index (χ1n) is 8.96. The van der Waals surface area contributed by atoms with Gasteiger partial charge >= 0.3 is 6.09 Å². The standard InChI is InChI=1S/C22H26N2O3/c1-21(2,3)27-20(25)24(16-19-12-8-5-9-13-19)22(26,17-23)15-14-18-10-6-4-7-11-18/h4-13,26H,14-16H2,1-3H3/t22-/m1/s1. The Morgan fingerprint density at radius 1 is 1.04 bits per heavy atom. The summed E-state index contributed by atoms with van der Waals surface area (Å²) in [6.45, 7) is 5.33. The lowest BCUT2D eigenvalue weighted by Gasteiger charge is -2.35. The Bertz CT molecular complexity index is 779. The number of carbonyl (C=O) groups excluding carboxylic acids is 1. The van der Waals surface area contributed by atoms with Crippen LogP contribution in [0.2, 0.25) is 0 Å². The van der Waals surface area contributed by atoms with E-state index in [1.807, 2.05) is 66.7 Å². The Morgan fingerprint density at radius 3 is 2.04 bits per heavy atom. The molecule has 0 aromatic heterocycles. The van der Waals surface area contributed by atoms with Crippen molar-refractivity contribution in [3.63, 3.8) is 0 Å². The number of ether oxygens (including phenoxy) is 1. The highest BCUT2D eigenvalue weighted by Crippen LogP contribution is 2.24. The smallest absolute Gasteiger partial charge is 0.413 e. The predicted molar refractivity (Wildman–Crippen MR) is 104 cm³/mol. The molecule has 0 radical (unpaired) electrons. The Morgan fingerprint density at radius 2 is 1.56 bits per heavy atom. The molecule has 0 aliphatic heterocycles. The van der Waals surface area contributed by atoms with Crippen LogP contribution in [0.1, 0.15) is 38.3 Å². The zero-order valence-electron chi connectivity index (χ0n) is 16.1. The van der Waals surface area contributed by atoms with E-state index in [1.54, 1.807) is 20.8 Å². The Balaban J connectivity index is 2.27. The molecule has 1 N–H and O–H groups in total. The van der Waals surface area contributed by atoms with Crippen LogP contribution >= 0.6 is 0 Å². The van der Waals surface area contributed by atoms with Crippen molar-refractivity contribution < 1.29 is 14.6 Å². The van der Waals surface area contributed by atoms with Crippen molar-refractivity contribution in [1.29, 1.82) is 5.26 Å². The van der Waals surface area contributed by atoms with E-state index < -0.39 is 17.4 Å². The number of nitrogens with zero attached hydrogens (tertiary/aromatic N) is 2. The topological polar surface area (TPSA) is 73.6 Å². The summed E-state index contributed by atoms with van der Waals surface area (Å²) in [6, 6.07) is 20.7. The van der Waals surface area contributed by atoms with Crippen molar-refractivity contribution in [2.75, 3.05) is 0 Å². The van der Waals surface area contributed by atoms with Gasteiger partial charge in [-0.1, -0.05) is 60.7 Å². The van der Waals surface area contributed by atoms with Crippen LogP contribution in [-0.2, 0) is 17.7 Å². The fourth-order valence-electron chi connectivity index (χ4n) is 2.64. The van der Waals surface area contributed by atoms with E-state index in [4.69, 9.17) is 4.74 Å². The number of aryl methyl sites for hydroxylation is 1. The van der Waals surface area contributed by atoms with E-state index >= 15 is 0 Å². The molecule has 0 heterocycles. The van der Waals surface area contributed by atoms with Crippen molar-refractivity contribution in [1.82, 2.24) is 4.90 Å². The molecule has 0 unspecified atom stereocenters. The number of hydrogen-bond acceptors (Lipinski definition) is 4. The lowest BCUT2D eigenvalue weighted by molar-refractivity contribution is -0.0783. The number of rotatable bonds is 6. The summed E-state index contributed by atoms with van der Waals surface area (Å²) in [5.74, 6) is 0. The molecule has 0 aliphatic rings. The first-order chi connectivity index (χ1) is 12.7. The van der Waals surface area contributed by atoms with Crippen LogP contribution in [0.4, 0.5) is 4.79 Å². The summed E-state index contributed by atoms with van der Waals surface area (Å²) < 4.78 is 5.45. The number of aliphatic hydroxyl groups is 1. The van der Waals surface area contributed by atoms with Gasteiger partial charge in [0.25, 0.3) is 0 Å². The van der Waals surface area contributed by atoms with Crippen molar-refractivity contribution >= 4 is 6.09 Å². The Kier molecular flexibility index (Phi) is 6.59. The first kappa shape index (κ1) is 20.5. The fourth-order valence-corrected chi connectivity index (χ4v) is 2.64. The second-order valence-corrected chi connectivity index (χ2v) is 7.47. The van der Waals surface area contributed by atoms with Gasteiger partial charge in [0.15, 0.2) is 0 Å². The predicted octanol–water partition coefficient (Wildman–Crippen LogP) is 4.27. The molecule has 1 amide bonds. The van der Waals surface area contributed by atoms with Crippen LogP contribution in [0, 0.1) is 11.3 Å². The van der Waals surface area contributed by atoms with E-state index in [1.165, 1.54) is 0 Å². The fraction of sp³-hybridized carbons (Fsp3) is 0.364. The maximum atomic E-state index is 12.8. The van der Waals surface area contributed by atoms with Gasteiger partial charge < -0.3 is 9.84 Å². The highest BCUT2D eigenvalue weighted by Gasteiger charge is 2.40. The van der Waals surface area contributed by atoms with Crippen molar-refractivity contribution in [3.05, 3.63) is 71.8 Å². The second-order valence-electron chi connectivity index (χ2n) is 7.47. The Labute approximate surface area is 160 Å². The molecule has 2 aromatic rings. The average Bonchev–Trinajstić information content (AvgIpc) is 2.64. The average molecular weight is 366 g/mol. The SMILES string of the molecule is CC(C)(C)OC(=O)N(Cc1ccccc1)[C@](O)(C#N)CCc1ccccc1. The summed E-state index contributed by atoms with van der Waals surface area (Å²) in [5.41, 5.74) is -0.928.